The Morgan fingerprint density at radius 3 is 0.773 bits per heavy atom. The van der Waals surface area contributed by atoms with Crippen LogP contribution in [-0.2, 0) is 28.6 Å². The average Bonchev–Trinajstić information content (AvgIpc) is 3.41. The molecule has 0 aliphatic heterocycles. The van der Waals surface area contributed by atoms with Gasteiger partial charge in [0.25, 0.3) is 0 Å². The van der Waals surface area contributed by atoms with E-state index in [0.29, 0.717) is 19.3 Å². The summed E-state index contributed by atoms with van der Waals surface area (Å²) >= 11 is 0. The fraction of sp³-hybridized carbons (Fsp3) is 0.841. The maximum absolute atomic E-state index is 12.8. The fourth-order valence-electron chi connectivity index (χ4n) is 9.80. The summed E-state index contributed by atoms with van der Waals surface area (Å²) in [5.74, 6) is -0.862. The first-order valence-electron chi connectivity index (χ1n) is 33.1. The highest BCUT2D eigenvalue weighted by Gasteiger charge is 2.19. The molecule has 0 N–H and O–H groups in total. The highest BCUT2D eigenvalue weighted by atomic mass is 16.6. The first kappa shape index (κ1) is 72.4. The summed E-state index contributed by atoms with van der Waals surface area (Å²) in [5, 5.41) is 0. The van der Waals surface area contributed by atoms with Gasteiger partial charge in [0.15, 0.2) is 6.10 Å². The third-order valence-corrected chi connectivity index (χ3v) is 14.8. The van der Waals surface area contributed by atoms with Crippen molar-refractivity contribution in [2.24, 2.45) is 0 Å². The molecule has 0 aliphatic rings. The van der Waals surface area contributed by atoms with Crippen molar-refractivity contribution in [1.29, 1.82) is 0 Å². The van der Waals surface area contributed by atoms with Crippen molar-refractivity contribution in [3.63, 3.8) is 0 Å². The molecular weight excluding hydrogens is 925 g/mol. The van der Waals surface area contributed by atoms with Gasteiger partial charge in [-0.3, -0.25) is 14.4 Å². The second-order valence-corrected chi connectivity index (χ2v) is 22.4. The molecule has 0 spiro atoms. The summed E-state index contributed by atoms with van der Waals surface area (Å²) in [7, 11) is 0. The highest BCUT2D eigenvalue weighted by molar-refractivity contribution is 5.71. The van der Waals surface area contributed by atoms with E-state index in [2.05, 4.69) is 69.4 Å². The van der Waals surface area contributed by atoms with Crippen molar-refractivity contribution >= 4 is 17.9 Å². The van der Waals surface area contributed by atoms with E-state index in [1.165, 1.54) is 238 Å². The largest absolute Gasteiger partial charge is 0.462 e. The average molecular weight is 1050 g/mol. The number of ether oxygens (including phenoxy) is 3. The first-order valence-corrected chi connectivity index (χ1v) is 33.1. The lowest BCUT2D eigenvalue weighted by molar-refractivity contribution is -0.167. The van der Waals surface area contributed by atoms with Gasteiger partial charge < -0.3 is 14.2 Å². The standard InChI is InChI=1S/C69H126O6/c1-4-7-10-13-16-19-22-24-25-26-27-28-29-30-31-32-33-34-35-36-37-38-39-40-41-42-43-45-47-50-53-56-59-62-68(71)74-65-66(64-73-67(70)61-58-55-52-49-46-21-18-15-12-9-6-3)75-69(72)63-60-57-54-51-48-44-23-20-17-14-11-8-5-2/h20,22-24,26-27,29-30,66H,4-19,21,25,28,31-65H2,1-3H3/b23-20-,24-22-,27-26-,30-29-. The molecule has 438 valence electrons. The van der Waals surface area contributed by atoms with Gasteiger partial charge in [-0.2, -0.15) is 0 Å². The van der Waals surface area contributed by atoms with Crippen LogP contribution in [0.2, 0.25) is 0 Å². The molecule has 0 bridgehead atoms. The Kier molecular flexibility index (Phi) is 61.7. The number of carbonyl (C=O) groups excluding carboxylic acids is 3. The van der Waals surface area contributed by atoms with Crippen LogP contribution in [0.25, 0.3) is 0 Å². The van der Waals surface area contributed by atoms with Crippen LogP contribution in [-0.4, -0.2) is 37.2 Å². The smallest absolute Gasteiger partial charge is 0.306 e. The molecule has 6 nitrogen and oxygen atoms in total. The SMILES string of the molecule is CCCCCC/C=C\CCCCCCCC(=O)OC(COC(=O)CCCCCCCCCCCCC)COC(=O)CCCCCCCCCCCCCCCCCCCC/C=C\C/C=C\C/C=C\CCCCCCC. The summed E-state index contributed by atoms with van der Waals surface area (Å²) < 4.78 is 16.9. The number of rotatable bonds is 61. The third-order valence-electron chi connectivity index (χ3n) is 14.8. The van der Waals surface area contributed by atoms with Gasteiger partial charge in [0.1, 0.15) is 13.2 Å². The van der Waals surface area contributed by atoms with Crippen LogP contribution in [0.3, 0.4) is 0 Å². The minimum atomic E-state index is -0.773. The van der Waals surface area contributed by atoms with Gasteiger partial charge in [-0.05, 0) is 83.5 Å². The van der Waals surface area contributed by atoms with E-state index in [-0.39, 0.29) is 31.1 Å². The van der Waals surface area contributed by atoms with E-state index in [0.717, 1.165) is 77.0 Å². The zero-order valence-corrected chi connectivity index (χ0v) is 50.3. The van der Waals surface area contributed by atoms with Gasteiger partial charge in [-0.1, -0.05) is 301 Å². The topological polar surface area (TPSA) is 78.9 Å². The van der Waals surface area contributed by atoms with Gasteiger partial charge in [0, 0.05) is 19.3 Å². The minimum absolute atomic E-state index is 0.0713. The maximum Gasteiger partial charge on any atom is 0.306 e. The maximum atomic E-state index is 12.8. The lowest BCUT2D eigenvalue weighted by Gasteiger charge is -2.18. The number of carbonyl (C=O) groups is 3. The Morgan fingerprint density at radius 2 is 0.480 bits per heavy atom. The number of hydrogen-bond donors (Lipinski definition) is 0. The van der Waals surface area contributed by atoms with E-state index in [4.69, 9.17) is 14.2 Å². The molecule has 0 aromatic heterocycles. The van der Waals surface area contributed by atoms with Crippen LogP contribution < -0.4 is 0 Å². The van der Waals surface area contributed by atoms with Gasteiger partial charge >= 0.3 is 17.9 Å². The molecule has 0 rings (SSSR count). The number of unbranched alkanes of at least 4 members (excludes halogenated alkanes) is 42. The Labute approximate surface area is 467 Å². The van der Waals surface area contributed by atoms with Crippen molar-refractivity contribution in [3.8, 4) is 0 Å². The second-order valence-electron chi connectivity index (χ2n) is 22.4. The molecule has 6 heteroatoms. The summed E-state index contributed by atoms with van der Waals surface area (Å²) in [5.41, 5.74) is 0. The number of esters is 3. The van der Waals surface area contributed by atoms with Crippen molar-refractivity contribution in [1.82, 2.24) is 0 Å². The van der Waals surface area contributed by atoms with Crippen LogP contribution in [0.1, 0.15) is 355 Å². The lowest BCUT2D eigenvalue weighted by atomic mass is 10.0. The first-order chi connectivity index (χ1) is 37.0. The molecule has 75 heavy (non-hydrogen) atoms. The Hall–Kier alpha value is -2.63. The van der Waals surface area contributed by atoms with E-state index in [1.54, 1.807) is 0 Å². The molecular formula is C69H126O6. The monoisotopic (exact) mass is 1050 g/mol. The molecule has 0 aliphatic carbocycles. The van der Waals surface area contributed by atoms with E-state index in [1.807, 2.05) is 0 Å². The minimum Gasteiger partial charge on any atom is -0.462 e. The quantitative estimate of drug-likeness (QED) is 0.0261. The summed E-state index contributed by atoms with van der Waals surface area (Å²) in [4.78, 5) is 38.2. The van der Waals surface area contributed by atoms with E-state index in [9.17, 15) is 14.4 Å². The molecule has 1 unspecified atom stereocenters. The van der Waals surface area contributed by atoms with Crippen LogP contribution in [0.4, 0.5) is 0 Å². The predicted octanol–water partition coefficient (Wildman–Crippen LogP) is 22.6. The van der Waals surface area contributed by atoms with Crippen LogP contribution in [0.5, 0.6) is 0 Å². The van der Waals surface area contributed by atoms with Gasteiger partial charge in [0.05, 0.1) is 0 Å². The zero-order valence-electron chi connectivity index (χ0n) is 50.3. The van der Waals surface area contributed by atoms with Gasteiger partial charge in [-0.25, -0.2) is 0 Å². The van der Waals surface area contributed by atoms with Gasteiger partial charge in [-0.15, -0.1) is 0 Å². The number of allylic oxidation sites excluding steroid dienone is 8. The van der Waals surface area contributed by atoms with E-state index >= 15 is 0 Å². The highest BCUT2D eigenvalue weighted by Crippen LogP contribution is 2.17. The molecule has 1 atom stereocenters. The molecule has 0 aromatic rings. The lowest BCUT2D eigenvalue weighted by Crippen LogP contribution is -2.30. The Bertz CT molecular complexity index is 1300. The van der Waals surface area contributed by atoms with Gasteiger partial charge in [0.2, 0.25) is 0 Å². The van der Waals surface area contributed by atoms with E-state index < -0.39 is 6.10 Å². The Morgan fingerprint density at radius 1 is 0.267 bits per heavy atom. The van der Waals surface area contributed by atoms with Crippen molar-refractivity contribution in [2.45, 2.75) is 361 Å². The molecule has 0 radical (unpaired) electrons. The summed E-state index contributed by atoms with van der Waals surface area (Å²) in [6.45, 7) is 6.64. The zero-order chi connectivity index (χ0) is 54.3. The molecule has 0 amide bonds. The summed E-state index contributed by atoms with van der Waals surface area (Å²) in [6, 6.07) is 0. The van der Waals surface area contributed by atoms with Crippen molar-refractivity contribution < 1.29 is 28.6 Å². The summed E-state index contributed by atoms with van der Waals surface area (Å²) in [6.07, 6.45) is 80.0. The normalized spacial score (nSPS) is 12.3. The Balaban J connectivity index is 4.05. The van der Waals surface area contributed by atoms with Crippen molar-refractivity contribution in [2.75, 3.05) is 13.2 Å². The van der Waals surface area contributed by atoms with Crippen LogP contribution in [0.15, 0.2) is 48.6 Å². The molecule has 0 fully saturated rings. The van der Waals surface area contributed by atoms with Crippen LogP contribution >= 0.6 is 0 Å². The fourth-order valence-corrected chi connectivity index (χ4v) is 9.80. The molecule has 0 aromatic carbocycles. The molecule has 0 saturated heterocycles. The molecule has 0 heterocycles. The number of hydrogen-bond acceptors (Lipinski definition) is 6. The predicted molar refractivity (Wildman–Crippen MR) is 325 cm³/mol. The van der Waals surface area contributed by atoms with Crippen LogP contribution in [0, 0.1) is 0 Å². The second kappa shape index (κ2) is 63.9. The van der Waals surface area contributed by atoms with Crippen molar-refractivity contribution in [3.05, 3.63) is 48.6 Å². The third kappa shape index (κ3) is 62.1. The molecule has 0 saturated carbocycles.